The van der Waals surface area contributed by atoms with Crippen molar-refractivity contribution in [1.82, 2.24) is 0 Å². The minimum Gasteiger partial charge on any atom is -0.493 e. The number of hydrogen-bond acceptors (Lipinski definition) is 11. The number of carbonyl (C=O) groups is 3. The van der Waals surface area contributed by atoms with E-state index in [2.05, 4.69) is 0 Å². The molecule has 4 N–H and O–H groups in total. The Morgan fingerprint density at radius 1 is 1.05 bits per heavy atom. The molecule has 212 valence electrons. The molecule has 2 saturated heterocycles. The van der Waals surface area contributed by atoms with E-state index in [-0.39, 0.29) is 53.9 Å². The number of methoxy groups -OCH3 is 1. The summed E-state index contributed by atoms with van der Waals surface area (Å²) in [4.78, 5) is 41.1. The molecular weight excluding hydrogens is 500 g/mol. The molecule has 0 amide bonds. The summed E-state index contributed by atoms with van der Waals surface area (Å²) >= 11 is 0. The van der Waals surface area contributed by atoms with Crippen molar-refractivity contribution in [3.8, 4) is 0 Å². The Kier molecular flexibility index (Phi) is 6.81. The van der Waals surface area contributed by atoms with Crippen molar-refractivity contribution in [2.24, 2.45) is 34.5 Å². The number of fused-ring (bicyclic) bond motifs is 2. The third-order valence-corrected chi connectivity index (χ3v) is 10.4. The first-order chi connectivity index (χ1) is 17.8. The lowest BCUT2D eigenvalue weighted by Gasteiger charge is -2.65. The number of carbonyl (C=O) groups excluding carboxylic acids is 3. The van der Waals surface area contributed by atoms with E-state index >= 15 is 0 Å². The van der Waals surface area contributed by atoms with E-state index in [0.717, 1.165) is 0 Å². The molecule has 0 aromatic heterocycles. The van der Waals surface area contributed by atoms with Gasteiger partial charge in [0.1, 0.15) is 36.6 Å². The van der Waals surface area contributed by atoms with Crippen LogP contribution in [0.15, 0.2) is 11.3 Å². The maximum atomic E-state index is 14.4. The summed E-state index contributed by atoms with van der Waals surface area (Å²) in [6.07, 6.45) is -8.35. The summed E-state index contributed by atoms with van der Waals surface area (Å²) in [7, 11) is 1.41. The minimum atomic E-state index is -1.65. The van der Waals surface area contributed by atoms with Crippen LogP contribution in [0, 0.1) is 34.5 Å². The van der Waals surface area contributed by atoms with Crippen molar-refractivity contribution in [2.45, 2.75) is 89.9 Å². The Balaban J connectivity index is 1.54. The fourth-order valence-electron chi connectivity index (χ4n) is 8.45. The highest BCUT2D eigenvalue weighted by Gasteiger charge is 2.72. The van der Waals surface area contributed by atoms with Crippen LogP contribution in [0.2, 0.25) is 0 Å². The zero-order valence-corrected chi connectivity index (χ0v) is 22.3. The molecule has 13 unspecified atom stereocenters. The minimum absolute atomic E-state index is 0.0881. The number of ketones is 2. The molecule has 3 aliphatic carbocycles. The molecule has 11 heteroatoms. The second kappa shape index (κ2) is 9.35. The third kappa shape index (κ3) is 3.59. The molecule has 38 heavy (non-hydrogen) atoms. The molecule has 13 atom stereocenters. The Hall–Kier alpha value is -1.89. The van der Waals surface area contributed by atoms with Gasteiger partial charge in [-0.25, -0.2) is 0 Å². The van der Waals surface area contributed by atoms with Crippen LogP contribution in [0.5, 0.6) is 0 Å². The Bertz CT molecular complexity index is 1050. The van der Waals surface area contributed by atoms with Gasteiger partial charge in [0.25, 0.3) is 0 Å². The van der Waals surface area contributed by atoms with Crippen molar-refractivity contribution in [3.63, 3.8) is 0 Å². The number of Topliss-reactive ketones (excluding diaryl/α,β-unsaturated/α-hetero) is 2. The molecule has 0 aromatic carbocycles. The molecule has 5 aliphatic rings. The lowest BCUT2D eigenvalue weighted by atomic mass is 9.39. The summed E-state index contributed by atoms with van der Waals surface area (Å²) < 4.78 is 22.9. The van der Waals surface area contributed by atoms with Gasteiger partial charge in [-0.15, -0.1) is 0 Å². The predicted octanol–water partition coefficient (Wildman–Crippen LogP) is -0.136. The third-order valence-electron chi connectivity index (χ3n) is 10.4. The first kappa shape index (κ1) is 27.7. The van der Waals surface area contributed by atoms with Gasteiger partial charge in [0, 0.05) is 22.7 Å². The maximum absolute atomic E-state index is 14.4. The molecule has 0 spiro atoms. The largest absolute Gasteiger partial charge is 0.493 e. The van der Waals surface area contributed by atoms with Crippen LogP contribution in [0.3, 0.4) is 0 Å². The maximum Gasteiger partial charge on any atom is 0.306 e. The number of ether oxygens (including phenoxy) is 4. The standard InChI is InChI=1S/C27H38O11/c1-10-6-14(36-25-20(32)19(31)18(30)15(9-28)37-25)24(34)27(4)12(10)7-16-26(3)13(8-17(29)38-16)11(2)22(35-5)21(33)23(26)27/h10,12-16,18-20,23,25,28,30-32H,6-9H2,1-5H3. The van der Waals surface area contributed by atoms with Crippen LogP contribution in [-0.4, -0.2) is 94.6 Å². The predicted molar refractivity (Wildman–Crippen MR) is 128 cm³/mol. The van der Waals surface area contributed by atoms with Crippen LogP contribution < -0.4 is 0 Å². The van der Waals surface area contributed by atoms with Gasteiger partial charge in [0.15, 0.2) is 17.8 Å². The van der Waals surface area contributed by atoms with Crippen molar-refractivity contribution >= 4 is 17.5 Å². The molecule has 2 aliphatic heterocycles. The molecule has 11 nitrogen and oxygen atoms in total. The zero-order valence-electron chi connectivity index (χ0n) is 22.3. The van der Waals surface area contributed by atoms with Crippen LogP contribution in [-0.2, 0) is 33.3 Å². The van der Waals surface area contributed by atoms with Crippen LogP contribution in [0.4, 0.5) is 0 Å². The van der Waals surface area contributed by atoms with E-state index in [1.165, 1.54) is 7.11 Å². The van der Waals surface area contributed by atoms with E-state index in [1.807, 2.05) is 13.8 Å². The molecule has 2 saturated carbocycles. The van der Waals surface area contributed by atoms with Crippen molar-refractivity contribution in [2.75, 3.05) is 13.7 Å². The van der Waals surface area contributed by atoms with E-state index in [0.29, 0.717) is 12.0 Å². The van der Waals surface area contributed by atoms with Gasteiger partial charge in [0.05, 0.1) is 20.1 Å². The molecule has 4 fully saturated rings. The first-order valence-corrected chi connectivity index (χ1v) is 13.3. The summed E-state index contributed by atoms with van der Waals surface area (Å²) in [5.74, 6) is -2.39. The van der Waals surface area contributed by atoms with Crippen LogP contribution in [0.1, 0.15) is 47.0 Å². The molecule has 0 aromatic rings. The van der Waals surface area contributed by atoms with Crippen LogP contribution in [0.25, 0.3) is 0 Å². The topological polar surface area (TPSA) is 169 Å². The SMILES string of the molecule is COC1=C(C)C2CC(=O)OC3CC4C(C)CC(OC5OC(CO)C(O)C(O)C5O)C(=O)C4(C)C(C1=O)C32C. The molecular formula is C27H38O11. The van der Waals surface area contributed by atoms with E-state index in [4.69, 9.17) is 18.9 Å². The van der Waals surface area contributed by atoms with E-state index < -0.39 is 66.3 Å². The average Bonchev–Trinajstić information content (AvgIpc) is 2.86. The Labute approximate surface area is 221 Å². The number of aliphatic hydroxyl groups is 4. The molecule has 5 rings (SSSR count). The number of hydrogen-bond donors (Lipinski definition) is 4. The van der Waals surface area contributed by atoms with Gasteiger partial charge in [-0.05, 0) is 37.2 Å². The highest BCUT2D eigenvalue weighted by molar-refractivity contribution is 6.04. The Morgan fingerprint density at radius 3 is 2.37 bits per heavy atom. The van der Waals surface area contributed by atoms with Gasteiger partial charge in [-0.2, -0.15) is 0 Å². The lowest BCUT2D eigenvalue weighted by molar-refractivity contribution is -0.313. The van der Waals surface area contributed by atoms with E-state index in [1.54, 1.807) is 13.8 Å². The average molecular weight is 539 g/mol. The number of allylic oxidation sites excluding steroid dienone is 2. The number of rotatable bonds is 4. The van der Waals surface area contributed by atoms with E-state index in [9.17, 15) is 34.8 Å². The van der Waals surface area contributed by atoms with Gasteiger partial charge in [-0.3, -0.25) is 14.4 Å². The Morgan fingerprint density at radius 2 is 1.74 bits per heavy atom. The van der Waals surface area contributed by atoms with Gasteiger partial charge < -0.3 is 39.4 Å². The zero-order chi connectivity index (χ0) is 27.9. The molecule has 0 bridgehead atoms. The second-order valence-corrected chi connectivity index (χ2v) is 12.1. The van der Waals surface area contributed by atoms with Gasteiger partial charge in [0.2, 0.25) is 5.78 Å². The van der Waals surface area contributed by atoms with Gasteiger partial charge in [-0.1, -0.05) is 20.8 Å². The summed E-state index contributed by atoms with van der Waals surface area (Å²) in [6.45, 7) is 6.83. The highest BCUT2D eigenvalue weighted by atomic mass is 16.7. The van der Waals surface area contributed by atoms with Crippen LogP contribution >= 0.6 is 0 Å². The fourth-order valence-corrected chi connectivity index (χ4v) is 8.45. The number of esters is 1. The van der Waals surface area contributed by atoms with Crippen molar-refractivity contribution in [1.29, 1.82) is 0 Å². The lowest BCUT2D eigenvalue weighted by Crippen LogP contribution is -2.71. The first-order valence-electron chi connectivity index (χ1n) is 13.3. The van der Waals surface area contributed by atoms with Crippen molar-refractivity contribution in [3.05, 3.63) is 11.3 Å². The number of aliphatic hydroxyl groups excluding tert-OH is 4. The summed E-state index contributed by atoms with van der Waals surface area (Å²) in [6, 6.07) is 0. The fraction of sp³-hybridized carbons (Fsp3) is 0.815. The monoisotopic (exact) mass is 538 g/mol. The highest BCUT2D eigenvalue weighted by Crippen LogP contribution is 2.67. The quantitative estimate of drug-likeness (QED) is 0.278. The van der Waals surface area contributed by atoms with Crippen molar-refractivity contribution < 1.29 is 53.8 Å². The smallest absolute Gasteiger partial charge is 0.306 e. The summed E-state index contributed by atoms with van der Waals surface area (Å²) in [5.41, 5.74) is -1.35. The normalized spacial score (nSPS) is 50.8. The molecule has 2 heterocycles. The van der Waals surface area contributed by atoms with Gasteiger partial charge >= 0.3 is 5.97 Å². The second-order valence-electron chi connectivity index (χ2n) is 12.1. The summed E-state index contributed by atoms with van der Waals surface area (Å²) in [5, 5.41) is 40.4. The molecule has 0 radical (unpaired) electrons.